The van der Waals surface area contributed by atoms with Gasteiger partial charge in [0.05, 0.1) is 6.67 Å². The van der Waals surface area contributed by atoms with Crippen LogP contribution in [0.15, 0.2) is 0 Å². The summed E-state index contributed by atoms with van der Waals surface area (Å²) in [6, 6.07) is 0.432. The van der Waals surface area contributed by atoms with Gasteiger partial charge in [0.2, 0.25) is 0 Å². The Labute approximate surface area is 68.1 Å². The van der Waals surface area contributed by atoms with Gasteiger partial charge in [0.15, 0.2) is 0 Å². The zero-order valence-corrected chi connectivity index (χ0v) is 7.40. The Hall–Kier alpha value is -0.150. The molecule has 0 fully saturated rings. The molecule has 0 spiro atoms. The van der Waals surface area contributed by atoms with E-state index < -0.39 is 0 Å². The molecule has 0 amide bonds. The van der Waals surface area contributed by atoms with Crippen molar-refractivity contribution in [3.8, 4) is 0 Å². The number of alkyl halides is 1. The highest BCUT2D eigenvalue weighted by Gasteiger charge is 1.98. The topological polar surface area (TPSA) is 21.3 Å². The summed E-state index contributed by atoms with van der Waals surface area (Å²) in [6.45, 7) is 3.38. The summed E-state index contributed by atoms with van der Waals surface area (Å²) in [5.41, 5.74) is 0. The molecule has 0 aromatic carbocycles. The summed E-state index contributed by atoms with van der Waals surface area (Å²) in [4.78, 5) is 0. The van der Waals surface area contributed by atoms with Crippen molar-refractivity contribution in [1.29, 1.82) is 0 Å². The van der Waals surface area contributed by atoms with Gasteiger partial charge in [-0.2, -0.15) is 0 Å². The maximum absolute atomic E-state index is 11.6. The number of halogens is 1. The molecule has 1 unspecified atom stereocenters. The Balaban J connectivity index is 3.02. The second-order valence-electron chi connectivity index (χ2n) is 2.68. The minimum absolute atomic E-state index is 0.232. The fourth-order valence-corrected chi connectivity index (χ4v) is 0.812. The maximum Gasteiger partial charge on any atom is 0.0906 e. The lowest BCUT2D eigenvalue weighted by Gasteiger charge is -2.11. The predicted octanol–water partition coefficient (Wildman–Crippen LogP) is 1.36. The van der Waals surface area contributed by atoms with E-state index in [1.165, 1.54) is 0 Å². The molecule has 0 aliphatic rings. The minimum atomic E-state index is -0.232. The highest BCUT2D eigenvalue weighted by Crippen LogP contribution is 1.90. The van der Waals surface area contributed by atoms with E-state index in [-0.39, 0.29) is 6.67 Å². The van der Waals surface area contributed by atoms with Crippen molar-refractivity contribution in [1.82, 2.24) is 5.32 Å². The molecule has 0 aliphatic carbocycles. The number of ether oxygens (including phenoxy) is 1. The van der Waals surface area contributed by atoms with Crippen LogP contribution in [0.4, 0.5) is 4.39 Å². The van der Waals surface area contributed by atoms with E-state index in [0.29, 0.717) is 12.5 Å². The third-order valence-corrected chi connectivity index (χ3v) is 1.56. The van der Waals surface area contributed by atoms with Gasteiger partial charge in [0.1, 0.15) is 0 Å². The third kappa shape index (κ3) is 7.75. The standard InChI is InChI=1S/C8H18FNO/c1-8(4-7-11-2)10-6-3-5-9/h8,10H,3-7H2,1-2H3. The monoisotopic (exact) mass is 163 g/mol. The number of nitrogens with one attached hydrogen (secondary N) is 1. The van der Waals surface area contributed by atoms with Crippen molar-refractivity contribution in [2.75, 3.05) is 26.9 Å². The first-order chi connectivity index (χ1) is 5.31. The van der Waals surface area contributed by atoms with Gasteiger partial charge in [0.25, 0.3) is 0 Å². The van der Waals surface area contributed by atoms with Gasteiger partial charge >= 0.3 is 0 Å². The summed E-state index contributed by atoms with van der Waals surface area (Å²) >= 11 is 0. The van der Waals surface area contributed by atoms with Gasteiger partial charge in [0, 0.05) is 19.8 Å². The summed E-state index contributed by atoms with van der Waals surface area (Å²) in [5, 5.41) is 3.20. The van der Waals surface area contributed by atoms with E-state index in [0.717, 1.165) is 19.6 Å². The molecule has 0 bridgehead atoms. The lowest BCUT2D eigenvalue weighted by atomic mass is 10.2. The van der Waals surface area contributed by atoms with Crippen molar-refractivity contribution in [2.45, 2.75) is 25.8 Å². The molecule has 1 atom stereocenters. The molecule has 0 aromatic rings. The molecule has 0 rings (SSSR count). The van der Waals surface area contributed by atoms with Gasteiger partial charge in [-0.3, -0.25) is 4.39 Å². The zero-order chi connectivity index (χ0) is 8.53. The molecule has 0 aromatic heterocycles. The molecule has 2 nitrogen and oxygen atoms in total. The number of hydrogen-bond acceptors (Lipinski definition) is 2. The first-order valence-corrected chi connectivity index (χ1v) is 4.09. The lowest BCUT2D eigenvalue weighted by molar-refractivity contribution is 0.184. The molecular formula is C8H18FNO. The molecule has 1 N–H and O–H groups in total. The summed E-state index contributed by atoms with van der Waals surface area (Å²) < 4.78 is 16.5. The lowest BCUT2D eigenvalue weighted by Crippen LogP contribution is -2.28. The van der Waals surface area contributed by atoms with Crippen LogP contribution < -0.4 is 5.32 Å². The number of methoxy groups -OCH3 is 1. The molecule has 0 saturated carbocycles. The van der Waals surface area contributed by atoms with Crippen LogP contribution in [0.1, 0.15) is 19.8 Å². The first-order valence-electron chi connectivity index (χ1n) is 4.09. The van der Waals surface area contributed by atoms with E-state index in [9.17, 15) is 4.39 Å². The fourth-order valence-electron chi connectivity index (χ4n) is 0.812. The SMILES string of the molecule is COCCC(C)NCCCF. The summed E-state index contributed by atoms with van der Waals surface area (Å²) in [5.74, 6) is 0. The molecule has 0 aliphatic heterocycles. The molecule has 0 radical (unpaired) electrons. The highest BCUT2D eigenvalue weighted by atomic mass is 19.1. The van der Waals surface area contributed by atoms with Crippen LogP contribution in [0.5, 0.6) is 0 Å². The van der Waals surface area contributed by atoms with Gasteiger partial charge in [-0.15, -0.1) is 0 Å². The minimum Gasteiger partial charge on any atom is -0.385 e. The van der Waals surface area contributed by atoms with Crippen molar-refractivity contribution in [3.05, 3.63) is 0 Å². The Morgan fingerprint density at radius 1 is 1.55 bits per heavy atom. The van der Waals surface area contributed by atoms with Crippen LogP contribution in [0, 0.1) is 0 Å². The van der Waals surface area contributed by atoms with Crippen molar-refractivity contribution >= 4 is 0 Å². The van der Waals surface area contributed by atoms with Gasteiger partial charge in [-0.05, 0) is 26.3 Å². The maximum atomic E-state index is 11.6. The Kier molecular flexibility index (Phi) is 7.84. The molecule has 3 heteroatoms. The van der Waals surface area contributed by atoms with Crippen LogP contribution in [0.3, 0.4) is 0 Å². The average molecular weight is 163 g/mol. The zero-order valence-electron chi connectivity index (χ0n) is 7.40. The molecule has 11 heavy (non-hydrogen) atoms. The van der Waals surface area contributed by atoms with Crippen LogP contribution in [0.2, 0.25) is 0 Å². The van der Waals surface area contributed by atoms with Gasteiger partial charge < -0.3 is 10.1 Å². The summed E-state index contributed by atoms with van der Waals surface area (Å²) in [6.07, 6.45) is 1.60. The average Bonchev–Trinajstić information content (AvgIpc) is 2.01. The predicted molar refractivity (Wildman–Crippen MR) is 44.5 cm³/mol. The Morgan fingerprint density at radius 2 is 2.27 bits per heavy atom. The van der Waals surface area contributed by atoms with E-state index in [1.807, 2.05) is 0 Å². The number of rotatable bonds is 7. The van der Waals surface area contributed by atoms with Crippen molar-refractivity contribution < 1.29 is 9.13 Å². The Bertz CT molecular complexity index is 80.5. The van der Waals surface area contributed by atoms with E-state index in [1.54, 1.807) is 7.11 Å². The molecular weight excluding hydrogens is 145 g/mol. The fraction of sp³-hybridized carbons (Fsp3) is 1.00. The summed E-state index contributed by atoms with van der Waals surface area (Å²) in [7, 11) is 1.69. The molecule has 68 valence electrons. The van der Waals surface area contributed by atoms with Crippen LogP contribution in [-0.2, 0) is 4.74 Å². The van der Waals surface area contributed by atoms with Crippen molar-refractivity contribution in [3.63, 3.8) is 0 Å². The van der Waals surface area contributed by atoms with E-state index >= 15 is 0 Å². The molecule has 0 saturated heterocycles. The number of hydrogen-bond donors (Lipinski definition) is 1. The second kappa shape index (κ2) is 7.95. The normalized spacial score (nSPS) is 13.4. The quantitative estimate of drug-likeness (QED) is 0.572. The highest BCUT2D eigenvalue weighted by molar-refractivity contribution is 4.59. The van der Waals surface area contributed by atoms with Gasteiger partial charge in [-0.25, -0.2) is 0 Å². The second-order valence-corrected chi connectivity index (χ2v) is 2.68. The van der Waals surface area contributed by atoms with Crippen LogP contribution in [0.25, 0.3) is 0 Å². The Morgan fingerprint density at radius 3 is 2.82 bits per heavy atom. The van der Waals surface area contributed by atoms with E-state index in [4.69, 9.17) is 4.74 Å². The van der Waals surface area contributed by atoms with Crippen LogP contribution >= 0.6 is 0 Å². The van der Waals surface area contributed by atoms with Crippen LogP contribution in [-0.4, -0.2) is 33.0 Å². The van der Waals surface area contributed by atoms with E-state index in [2.05, 4.69) is 12.2 Å². The molecule has 0 heterocycles. The largest absolute Gasteiger partial charge is 0.385 e. The smallest absolute Gasteiger partial charge is 0.0906 e. The first kappa shape index (κ1) is 10.8. The van der Waals surface area contributed by atoms with Gasteiger partial charge in [-0.1, -0.05) is 0 Å². The van der Waals surface area contributed by atoms with Crippen molar-refractivity contribution in [2.24, 2.45) is 0 Å². The third-order valence-electron chi connectivity index (χ3n) is 1.56.